The summed E-state index contributed by atoms with van der Waals surface area (Å²) in [6.45, 7) is 1.33. The fraction of sp³-hybridized carbons (Fsp3) is 0.417. The van der Waals surface area contributed by atoms with Gasteiger partial charge in [-0.2, -0.15) is 0 Å². The van der Waals surface area contributed by atoms with Gasteiger partial charge in [0.15, 0.2) is 0 Å². The highest BCUT2D eigenvalue weighted by Gasteiger charge is 2.19. The molecular formula is C12H14Cl2N2O2. The number of nitrogens with two attached hydrogens (primary N) is 1. The number of rotatable bonds is 2. The van der Waals surface area contributed by atoms with Crippen LogP contribution in [0.25, 0.3) is 0 Å². The van der Waals surface area contributed by atoms with E-state index in [4.69, 9.17) is 33.7 Å². The van der Waals surface area contributed by atoms with Gasteiger partial charge in [-0.25, -0.2) is 0 Å². The molecule has 1 saturated heterocycles. The van der Waals surface area contributed by atoms with E-state index in [1.54, 1.807) is 0 Å². The molecule has 1 aliphatic heterocycles. The third-order valence-electron chi connectivity index (χ3n) is 2.85. The molecule has 0 saturated carbocycles. The Hall–Kier alpha value is -0.970. The van der Waals surface area contributed by atoms with Crippen molar-refractivity contribution in [2.75, 3.05) is 18.9 Å². The SMILES string of the molecule is Nc1cc(Cl)c(Cl)c(C(=O)NC2CCOCC2)c1. The predicted molar refractivity (Wildman–Crippen MR) is 72.2 cm³/mol. The van der Waals surface area contributed by atoms with E-state index in [0.29, 0.717) is 24.5 Å². The standard InChI is InChI=1S/C12H14Cl2N2O2/c13-10-6-7(15)5-9(11(10)14)12(17)16-8-1-3-18-4-2-8/h5-6,8H,1-4,15H2,(H,16,17). The maximum atomic E-state index is 12.1. The van der Waals surface area contributed by atoms with Crippen LogP contribution in [0.4, 0.5) is 5.69 Å². The first-order chi connectivity index (χ1) is 8.58. The Morgan fingerprint density at radius 2 is 2.00 bits per heavy atom. The van der Waals surface area contributed by atoms with Crippen LogP contribution in [-0.2, 0) is 4.74 Å². The molecule has 1 amide bonds. The molecule has 1 fully saturated rings. The Morgan fingerprint density at radius 3 is 2.67 bits per heavy atom. The number of anilines is 1. The highest BCUT2D eigenvalue weighted by Crippen LogP contribution is 2.28. The van der Waals surface area contributed by atoms with Gasteiger partial charge in [0.25, 0.3) is 5.91 Å². The molecule has 0 spiro atoms. The number of hydrogen-bond donors (Lipinski definition) is 2. The van der Waals surface area contributed by atoms with Gasteiger partial charge in [-0.1, -0.05) is 23.2 Å². The van der Waals surface area contributed by atoms with E-state index in [-0.39, 0.29) is 22.0 Å². The van der Waals surface area contributed by atoms with E-state index in [1.165, 1.54) is 12.1 Å². The third-order valence-corrected chi connectivity index (χ3v) is 3.65. The summed E-state index contributed by atoms with van der Waals surface area (Å²) in [6.07, 6.45) is 1.61. The fourth-order valence-corrected chi connectivity index (χ4v) is 2.30. The van der Waals surface area contributed by atoms with Gasteiger partial charge in [0.1, 0.15) is 0 Å². The minimum absolute atomic E-state index is 0.113. The van der Waals surface area contributed by atoms with Gasteiger partial charge in [0.2, 0.25) is 0 Å². The first kappa shape index (κ1) is 13.5. The summed E-state index contributed by atoms with van der Waals surface area (Å²) < 4.78 is 5.23. The van der Waals surface area contributed by atoms with Crippen LogP contribution in [0.1, 0.15) is 23.2 Å². The van der Waals surface area contributed by atoms with Crippen molar-refractivity contribution in [3.8, 4) is 0 Å². The molecule has 0 atom stereocenters. The van der Waals surface area contributed by atoms with Gasteiger partial charge < -0.3 is 15.8 Å². The Kier molecular flexibility index (Phi) is 4.32. The normalized spacial score (nSPS) is 16.6. The van der Waals surface area contributed by atoms with Crippen LogP contribution in [0.15, 0.2) is 12.1 Å². The monoisotopic (exact) mass is 288 g/mol. The predicted octanol–water partition coefficient (Wildman–Crippen LogP) is 2.48. The molecule has 0 unspecified atom stereocenters. The van der Waals surface area contributed by atoms with Crippen LogP contribution in [0.3, 0.4) is 0 Å². The lowest BCUT2D eigenvalue weighted by atomic mass is 10.1. The van der Waals surface area contributed by atoms with E-state index in [9.17, 15) is 4.79 Å². The van der Waals surface area contributed by atoms with E-state index in [2.05, 4.69) is 5.32 Å². The van der Waals surface area contributed by atoms with Crippen LogP contribution in [-0.4, -0.2) is 25.2 Å². The van der Waals surface area contributed by atoms with Crippen LogP contribution < -0.4 is 11.1 Å². The number of nitrogens with one attached hydrogen (secondary N) is 1. The molecule has 0 aliphatic carbocycles. The lowest BCUT2D eigenvalue weighted by Crippen LogP contribution is -2.39. The summed E-state index contributed by atoms with van der Waals surface area (Å²) in [4.78, 5) is 12.1. The Balaban J connectivity index is 2.13. The second-order valence-corrected chi connectivity index (χ2v) is 5.01. The largest absolute Gasteiger partial charge is 0.399 e. The first-order valence-electron chi connectivity index (χ1n) is 5.71. The fourth-order valence-electron chi connectivity index (χ4n) is 1.88. The van der Waals surface area contributed by atoms with Crippen molar-refractivity contribution in [2.45, 2.75) is 18.9 Å². The molecule has 1 aromatic carbocycles. The number of halogens is 2. The van der Waals surface area contributed by atoms with Gasteiger partial charge in [0, 0.05) is 24.9 Å². The molecule has 1 aliphatic rings. The highest BCUT2D eigenvalue weighted by atomic mass is 35.5. The van der Waals surface area contributed by atoms with E-state index < -0.39 is 0 Å². The molecule has 0 bridgehead atoms. The second kappa shape index (κ2) is 5.78. The number of benzene rings is 1. The number of ether oxygens (including phenoxy) is 1. The second-order valence-electron chi connectivity index (χ2n) is 4.22. The van der Waals surface area contributed by atoms with Gasteiger partial charge in [-0.05, 0) is 25.0 Å². The van der Waals surface area contributed by atoms with E-state index in [1.807, 2.05) is 0 Å². The summed E-state index contributed by atoms with van der Waals surface area (Å²) in [7, 11) is 0. The van der Waals surface area contributed by atoms with Crippen molar-refractivity contribution in [1.82, 2.24) is 5.32 Å². The van der Waals surface area contributed by atoms with Crippen molar-refractivity contribution < 1.29 is 9.53 Å². The quantitative estimate of drug-likeness (QED) is 0.822. The van der Waals surface area contributed by atoms with Gasteiger partial charge in [-0.3, -0.25) is 4.79 Å². The molecule has 98 valence electrons. The van der Waals surface area contributed by atoms with Crippen molar-refractivity contribution in [3.05, 3.63) is 27.7 Å². The Morgan fingerprint density at radius 1 is 1.33 bits per heavy atom. The molecule has 6 heteroatoms. The Bertz CT molecular complexity index is 460. The minimum Gasteiger partial charge on any atom is -0.399 e. The molecule has 1 aromatic rings. The topological polar surface area (TPSA) is 64.4 Å². The van der Waals surface area contributed by atoms with Crippen molar-refractivity contribution in [2.24, 2.45) is 0 Å². The zero-order chi connectivity index (χ0) is 13.1. The van der Waals surface area contributed by atoms with Crippen molar-refractivity contribution >= 4 is 34.8 Å². The van der Waals surface area contributed by atoms with Crippen LogP contribution in [0, 0.1) is 0 Å². The molecule has 2 rings (SSSR count). The van der Waals surface area contributed by atoms with E-state index in [0.717, 1.165) is 12.8 Å². The molecule has 1 heterocycles. The first-order valence-corrected chi connectivity index (χ1v) is 6.46. The number of hydrogen-bond acceptors (Lipinski definition) is 3. The summed E-state index contributed by atoms with van der Waals surface area (Å²) >= 11 is 11.9. The molecule has 3 N–H and O–H groups in total. The minimum atomic E-state index is -0.249. The summed E-state index contributed by atoms with van der Waals surface area (Å²) in [6, 6.07) is 3.17. The smallest absolute Gasteiger partial charge is 0.253 e. The Labute approximate surface area is 115 Å². The number of carbonyl (C=O) groups is 1. The molecule has 4 nitrogen and oxygen atoms in total. The van der Waals surface area contributed by atoms with Gasteiger partial charge in [0.05, 0.1) is 15.6 Å². The third kappa shape index (κ3) is 3.07. The lowest BCUT2D eigenvalue weighted by molar-refractivity contribution is 0.0696. The zero-order valence-electron chi connectivity index (χ0n) is 9.71. The average molecular weight is 289 g/mol. The van der Waals surface area contributed by atoms with Crippen LogP contribution in [0.5, 0.6) is 0 Å². The summed E-state index contributed by atoms with van der Waals surface area (Å²) in [5.41, 5.74) is 6.39. The van der Waals surface area contributed by atoms with Crippen LogP contribution in [0.2, 0.25) is 10.0 Å². The average Bonchev–Trinajstić information content (AvgIpc) is 2.35. The molecule has 0 radical (unpaired) electrons. The maximum absolute atomic E-state index is 12.1. The van der Waals surface area contributed by atoms with Gasteiger partial charge >= 0.3 is 0 Å². The summed E-state index contributed by atoms with van der Waals surface area (Å²) in [5.74, 6) is -0.249. The van der Waals surface area contributed by atoms with Gasteiger partial charge in [-0.15, -0.1) is 0 Å². The van der Waals surface area contributed by atoms with Crippen molar-refractivity contribution in [1.29, 1.82) is 0 Å². The summed E-state index contributed by atoms with van der Waals surface area (Å²) in [5, 5.41) is 3.43. The molecule has 0 aromatic heterocycles. The number of carbonyl (C=O) groups excluding carboxylic acids is 1. The van der Waals surface area contributed by atoms with Crippen LogP contribution >= 0.6 is 23.2 Å². The molecule has 18 heavy (non-hydrogen) atoms. The molecular weight excluding hydrogens is 275 g/mol. The number of nitrogen functional groups attached to an aromatic ring is 1. The maximum Gasteiger partial charge on any atom is 0.253 e. The number of amides is 1. The lowest BCUT2D eigenvalue weighted by Gasteiger charge is -2.23. The van der Waals surface area contributed by atoms with E-state index >= 15 is 0 Å². The zero-order valence-corrected chi connectivity index (χ0v) is 11.2. The highest BCUT2D eigenvalue weighted by molar-refractivity contribution is 6.44. The van der Waals surface area contributed by atoms with Crippen molar-refractivity contribution in [3.63, 3.8) is 0 Å².